The lowest BCUT2D eigenvalue weighted by atomic mass is 10.0. The lowest BCUT2D eigenvalue weighted by Gasteiger charge is -2.18. The second-order valence-corrected chi connectivity index (χ2v) is 6.28. The molecule has 23 heavy (non-hydrogen) atoms. The number of benzene rings is 2. The number of ether oxygens (including phenoxy) is 1. The average molecular weight is 391 g/mol. The summed E-state index contributed by atoms with van der Waals surface area (Å²) in [5, 5.41) is 0. The Labute approximate surface area is 140 Å². The molecule has 124 valence electrons. The van der Waals surface area contributed by atoms with Gasteiger partial charge in [0.2, 0.25) is 0 Å². The van der Waals surface area contributed by atoms with Gasteiger partial charge in [0.15, 0.2) is 0 Å². The van der Waals surface area contributed by atoms with E-state index in [1.54, 1.807) is 13.8 Å². The van der Waals surface area contributed by atoms with Crippen LogP contribution >= 0.6 is 15.9 Å². The van der Waals surface area contributed by atoms with E-state index in [9.17, 15) is 17.6 Å². The summed E-state index contributed by atoms with van der Waals surface area (Å²) in [5.74, 6) is -1.06. The summed E-state index contributed by atoms with van der Waals surface area (Å²) in [6, 6.07) is 6.94. The standard InChI is InChI=1S/C17H15BrF4O/c1-9-6-13(19)7-10(2)16(9)23-15-5-4-12(8-14(15)18)11(3)17(20,21)22/h4-8,11H,1-3H3. The molecule has 2 rings (SSSR count). The van der Waals surface area contributed by atoms with Gasteiger partial charge in [-0.3, -0.25) is 0 Å². The Morgan fingerprint density at radius 3 is 2.09 bits per heavy atom. The maximum atomic E-state index is 13.3. The average Bonchev–Trinajstić information content (AvgIpc) is 2.42. The first-order chi connectivity index (χ1) is 10.6. The number of rotatable bonds is 3. The van der Waals surface area contributed by atoms with E-state index < -0.39 is 12.1 Å². The molecule has 0 heterocycles. The Morgan fingerprint density at radius 1 is 1.04 bits per heavy atom. The highest BCUT2D eigenvalue weighted by Crippen LogP contribution is 2.39. The fraction of sp³-hybridized carbons (Fsp3) is 0.294. The monoisotopic (exact) mass is 390 g/mol. The second-order valence-electron chi connectivity index (χ2n) is 5.42. The van der Waals surface area contributed by atoms with Crippen LogP contribution in [-0.2, 0) is 0 Å². The van der Waals surface area contributed by atoms with Crippen LogP contribution in [0.4, 0.5) is 17.6 Å². The Morgan fingerprint density at radius 2 is 1.61 bits per heavy atom. The molecule has 0 bridgehead atoms. The molecule has 1 atom stereocenters. The number of hydrogen-bond donors (Lipinski definition) is 0. The van der Waals surface area contributed by atoms with Crippen LogP contribution in [0.5, 0.6) is 11.5 Å². The third kappa shape index (κ3) is 4.05. The lowest BCUT2D eigenvalue weighted by molar-refractivity contribution is -0.146. The molecule has 6 heteroatoms. The topological polar surface area (TPSA) is 9.23 Å². The zero-order chi connectivity index (χ0) is 17.4. The van der Waals surface area contributed by atoms with Crippen LogP contribution in [0.2, 0.25) is 0 Å². The number of halogens is 5. The van der Waals surface area contributed by atoms with Gasteiger partial charge in [-0.1, -0.05) is 6.07 Å². The van der Waals surface area contributed by atoms with Crippen molar-refractivity contribution < 1.29 is 22.3 Å². The minimum atomic E-state index is -4.30. The first-order valence-corrected chi connectivity index (χ1v) is 7.69. The first-order valence-electron chi connectivity index (χ1n) is 6.90. The highest BCUT2D eigenvalue weighted by molar-refractivity contribution is 9.10. The molecule has 0 fully saturated rings. The van der Waals surface area contributed by atoms with Crippen LogP contribution < -0.4 is 4.74 Å². The summed E-state index contributed by atoms with van der Waals surface area (Å²) in [6.45, 7) is 4.52. The van der Waals surface area contributed by atoms with Crippen LogP contribution in [0, 0.1) is 19.7 Å². The Balaban J connectivity index is 2.33. The zero-order valence-electron chi connectivity index (χ0n) is 12.8. The van der Waals surface area contributed by atoms with E-state index in [4.69, 9.17) is 4.74 Å². The summed E-state index contributed by atoms with van der Waals surface area (Å²) in [6.07, 6.45) is -4.30. The number of aryl methyl sites for hydroxylation is 2. The van der Waals surface area contributed by atoms with E-state index in [-0.39, 0.29) is 11.4 Å². The van der Waals surface area contributed by atoms with Gasteiger partial charge in [0.05, 0.1) is 10.4 Å². The van der Waals surface area contributed by atoms with Crippen molar-refractivity contribution in [2.75, 3.05) is 0 Å². The minimum Gasteiger partial charge on any atom is -0.456 e. The third-order valence-corrected chi connectivity index (χ3v) is 4.20. The van der Waals surface area contributed by atoms with Crippen LogP contribution in [0.15, 0.2) is 34.8 Å². The Bertz CT molecular complexity index is 702. The highest BCUT2D eigenvalue weighted by atomic mass is 79.9. The van der Waals surface area contributed by atoms with Gasteiger partial charge >= 0.3 is 6.18 Å². The molecule has 0 aromatic heterocycles. The highest BCUT2D eigenvalue weighted by Gasteiger charge is 2.37. The molecular weight excluding hydrogens is 376 g/mol. The summed E-state index contributed by atoms with van der Waals surface area (Å²) in [7, 11) is 0. The molecule has 0 N–H and O–H groups in total. The lowest BCUT2D eigenvalue weighted by Crippen LogP contribution is -2.17. The van der Waals surface area contributed by atoms with Crippen LogP contribution in [0.25, 0.3) is 0 Å². The van der Waals surface area contributed by atoms with Crippen molar-refractivity contribution in [1.82, 2.24) is 0 Å². The molecule has 0 radical (unpaired) electrons. The predicted molar refractivity (Wildman–Crippen MR) is 84.6 cm³/mol. The summed E-state index contributed by atoms with van der Waals surface area (Å²) in [4.78, 5) is 0. The van der Waals surface area contributed by atoms with Crippen molar-refractivity contribution in [2.24, 2.45) is 0 Å². The van der Waals surface area contributed by atoms with E-state index >= 15 is 0 Å². The van der Waals surface area contributed by atoms with E-state index in [2.05, 4.69) is 15.9 Å². The Kier molecular flexibility index (Phi) is 5.04. The van der Waals surface area contributed by atoms with Gasteiger partial charge in [0.25, 0.3) is 0 Å². The molecule has 1 unspecified atom stereocenters. The first kappa shape index (κ1) is 17.8. The molecule has 0 aliphatic heterocycles. The summed E-state index contributed by atoms with van der Waals surface area (Å²) < 4.78 is 57.8. The summed E-state index contributed by atoms with van der Waals surface area (Å²) >= 11 is 3.24. The van der Waals surface area contributed by atoms with Crippen molar-refractivity contribution in [3.63, 3.8) is 0 Å². The maximum absolute atomic E-state index is 13.3. The van der Waals surface area contributed by atoms with Crippen molar-refractivity contribution >= 4 is 15.9 Å². The molecule has 0 aliphatic rings. The fourth-order valence-electron chi connectivity index (χ4n) is 2.23. The molecule has 0 spiro atoms. The molecule has 2 aromatic carbocycles. The molecule has 2 aromatic rings. The zero-order valence-corrected chi connectivity index (χ0v) is 14.3. The smallest absolute Gasteiger partial charge is 0.395 e. The molecule has 0 saturated carbocycles. The quantitative estimate of drug-likeness (QED) is 0.532. The molecule has 0 saturated heterocycles. The Hall–Kier alpha value is -1.56. The maximum Gasteiger partial charge on any atom is 0.395 e. The van der Waals surface area contributed by atoms with Crippen molar-refractivity contribution in [2.45, 2.75) is 32.9 Å². The predicted octanol–water partition coefficient (Wildman–Crippen LogP) is 6.66. The molecule has 0 aliphatic carbocycles. The van der Waals surface area contributed by atoms with E-state index in [0.29, 0.717) is 27.1 Å². The number of alkyl halides is 3. The van der Waals surface area contributed by atoms with Gasteiger partial charge in [-0.25, -0.2) is 4.39 Å². The van der Waals surface area contributed by atoms with Crippen LogP contribution in [0.3, 0.4) is 0 Å². The summed E-state index contributed by atoms with van der Waals surface area (Å²) in [5.41, 5.74) is 1.37. The van der Waals surface area contributed by atoms with Crippen molar-refractivity contribution in [3.8, 4) is 11.5 Å². The molecular formula is C17H15BrF4O. The van der Waals surface area contributed by atoms with Crippen molar-refractivity contribution in [3.05, 3.63) is 57.3 Å². The largest absolute Gasteiger partial charge is 0.456 e. The van der Waals surface area contributed by atoms with Gasteiger partial charge in [0.1, 0.15) is 17.3 Å². The van der Waals surface area contributed by atoms with Gasteiger partial charge in [-0.2, -0.15) is 13.2 Å². The third-order valence-electron chi connectivity index (χ3n) is 3.58. The second kappa shape index (κ2) is 6.51. The van der Waals surface area contributed by atoms with E-state index in [1.807, 2.05) is 0 Å². The van der Waals surface area contributed by atoms with Crippen LogP contribution in [-0.4, -0.2) is 6.18 Å². The van der Waals surface area contributed by atoms with E-state index in [1.165, 1.54) is 30.3 Å². The molecule has 0 amide bonds. The normalized spacial score (nSPS) is 13.0. The molecule has 1 nitrogen and oxygen atoms in total. The van der Waals surface area contributed by atoms with Crippen molar-refractivity contribution in [1.29, 1.82) is 0 Å². The fourth-order valence-corrected chi connectivity index (χ4v) is 2.70. The van der Waals surface area contributed by atoms with Gasteiger partial charge in [-0.05, 0) is 77.7 Å². The van der Waals surface area contributed by atoms with Gasteiger partial charge in [0, 0.05) is 0 Å². The van der Waals surface area contributed by atoms with E-state index in [0.717, 1.165) is 6.92 Å². The van der Waals surface area contributed by atoms with Gasteiger partial charge in [-0.15, -0.1) is 0 Å². The SMILES string of the molecule is Cc1cc(F)cc(C)c1Oc1ccc(C(C)C(F)(F)F)cc1Br. The number of hydrogen-bond acceptors (Lipinski definition) is 1. The van der Waals surface area contributed by atoms with Crippen LogP contribution in [0.1, 0.15) is 29.5 Å². The minimum absolute atomic E-state index is 0.143. The van der Waals surface area contributed by atoms with Gasteiger partial charge < -0.3 is 4.74 Å².